The van der Waals surface area contributed by atoms with Gasteiger partial charge in [0.05, 0.1) is 17.6 Å². The largest absolute Gasteiger partial charge is 0.385 e. The van der Waals surface area contributed by atoms with Crippen LogP contribution in [0, 0.1) is 0 Å². The van der Waals surface area contributed by atoms with Crippen LogP contribution >= 0.6 is 0 Å². The van der Waals surface area contributed by atoms with Gasteiger partial charge in [-0.05, 0) is 12.5 Å². The van der Waals surface area contributed by atoms with Crippen molar-refractivity contribution in [1.29, 1.82) is 0 Å². The second kappa shape index (κ2) is 6.24. The van der Waals surface area contributed by atoms with E-state index in [4.69, 9.17) is 0 Å². The molecule has 0 unspecified atom stereocenters. The number of pyridine rings is 1. The summed E-state index contributed by atoms with van der Waals surface area (Å²) in [6.45, 7) is 3.25. The third-order valence-electron chi connectivity index (χ3n) is 2.19. The Morgan fingerprint density at radius 3 is 2.86 bits per heavy atom. The van der Waals surface area contributed by atoms with Crippen LogP contribution in [0.15, 0.2) is 18.5 Å². The molecule has 2 N–H and O–H groups in total. The standard InChI is InChI=1S/C11H19N3/c1-3-4-5-7-14-10-6-8-13-9-11(10)12-2/h6,8-9,12H,3-5,7H2,1-2H3,(H,13,14). The molecule has 0 radical (unpaired) electrons. The van der Waals surface area contributed by atoms with Gasteiger partial charge in [0.25, 0.3) is 0 Å². The smallest absolute Gasteiger partial charge is 0.0759 e. The van der Waals surface area contributed by atoms with E-state index in [9.17, 15) is 0 Å². The number of nitrogens with one attached hydrogen (secondary N) is 2. The Morgan fingerprint density at radius 1 is 1.29 bits per heavy atom. The minimum Gasteiger partial charge on any atom is -0.385 e. The summed E-state index contributed by atoms with van der Waals surface area (Å²) in [4.78, 5) is 4.06. The number of rotatable bonds is 6. The van der Waals surface area contributed by atoms with Gasteiger partial charge in [0.1, 0.15) is 0 Å². The third kappa shape index (κ3) is 3.24. The molecule has 1 rings (SSSR count). The molecule has 78 valence electrons. The summed E-state index contributed by atoms with van der Waals surface area (Å²) < 4.78 is 0. The van der Waals surface area contributed by atoms with Crippen molar-refractivity contribution in [2.75, 3.05) is 24.2 Å². The summed E-state index contributed by atoms with van der Waals surface area (Å²) in [5, 5.41) is 6.51. The van der Waals surface area contributed by atoms with E-state index < -0.39 is 0 Å². The summed E-state index contributed by atoms with van der Waals surface area (Å²) in [6, 6.07) is 2.00. The van der Waals surface area contributed by atoms with Crippen LogP contribution in [-0.2, 0) is 0 Å². The lowest BCUT2D eigenvalue weighted by molar-refractivity contribution is 0.744. The van der Waals surface area contributed by atoms with Crippen molar-refractivity contribution >= 4 is 11.4 Å². The van der Waals surface area contributed by atoms with Crippen LogP contribution in [0.25, 0.3) is 0 Å². The fourth-order valence-electron chi connectivity index (χ4n) is 1.35. The molecule has 0 saturated carbocycles. The Balaban J connectivity index is 2.41. The SMILES string of the molecule is CCCCCNc1ccncc1NC. The van der Waals surface area contributed by atoms with Gasteiger partial charge in [-0.25, -0.2) is 0 Å². The highest BCUT2D eigenvalue weighted by molar-refractivity contribution is 5.66. The number of unbranched alkanes of at least 4 members (excludes halogenated alkanes) is 2. The zero-order valence-electron chi connectivity index (χ0n) is 9.01. The van der Waals surface area contributed by atoms with Gasteiger partial charge in [0, 0.05) is 19.8 Å². The first-order valence-electron chi connectivity index (χ1n) is 5.24. The lowest BCUT2D eigenvalue weighted by atomic mass is 10.2. The van der Waals surface area contributed by atoms with E-state index in [2.05, 4.69) is 22.5 Å². The van der Waals surface area contributed by atoms with Crippen LogP contribution in [0.5, 0.6) is 0 Å². The van der Waals surface area contributed by atoms with Gasteiger partial charge >= 0.3 is 0 Å². The number of anilines is 2. The average molecular weight is 193 g/mol. The molecule has 1 aromatic rings. The van der Waals surface area contributed by atoms with E-state index in [0.717, 1.165) is 17.9 Å². The predicted octanol–water partition coefficient (Wildman–Crippen LogP) is 2.73. The molecule has 0 aliphatic heterocycles. The molecule has 0 aromatic carbocycles. The van der Waals surface area contributed by atoms with Crippen molar-refractivity contribution in [1.82, 2.24) is 4.98 Å². The van der Waals surface area contributed by atoms with Gasteiger partial charge < -0.3 is 10.6 Å². The number of hydrogen-bond donors (Lipinski definition) is 2. The van der Waals surface area contributed by atoms with Gasteiger partial charge in [-0.2, -0.15) is 0 Å². The number of nitrogens with zero attached hydrogens (tertiary/aromatic N) is 1. The summed E-state index contributed by atoms with van der Waals surface area (Å²) in [7, 11) is 1.91. The van der Waals surface area contributed by atoms with Gasteiger partial charge in [0.2, 0.25) is 0 Å². The Labute approximate surface area is 85.9 Å². The Bertz CT molecular complexity index is 260. The maximum absolute atomic E-state index is 4.06. The van der Waals surface area contributed by atoms with Crippen LogP contribution in [0.3, 0.4) is 0 Å². The van der Waals surface area contributed by atoms with E-state index in [1.165, 1.54) is 19.3 Å². The fourth-order valence-corrected chi connectivity index (χ4v) is 1.35. The zero-order valence-corrected chi connectivity index (χ0v) is 9.01. The first-order chi connectivity index (χ1) is 6.88. The van der Waals surface area contributed by atoms with E-state index in [1.807, 2.05) is 25.5 Å². The Morgan fingerprint density at radius 2 is 2.14 bits per heavy atom. The van der Waals surface area contributed by atoms with E-state index in [1.54, 1.807) is 0 Å². The second-order valence-electron chi connectivity index (χ2n) is 3.31. The van der Waals surface area contributed by atoms with Crippen molar-refractivity contribution in [2.45, 2.75) is 26.2 Å². The average Bonchev–Trinajstić information content (AvgIpc) is 2.25. The van der Waals surface area contributed by atoms with Crippen molar-refractivity contribution in [3.8, 4) is 0 Å². The molecular weight excluding hydrogens is 174 g/mol. The topological polar surface area (TPSA) is 37.0 Å². The van der Waals surface area contributed by atoms with Crippen LogP contribution in [-0.4, -0.2) is 18.6 Å². The highest BCUT2D eigenvalue weighted by atomic mass is 14.9. The maximum Gasteiger partial charge on any atom is 0.0759 e. The Kier molecular flexibility index (Phi) is 4.83. The van der Waals surface area contributed by atoms with Gasteiger partial charge in [-0.15, -0.1) is 0 Å². The molecule has 14 heavy (non-hydrogen) atoms. The van der Waals surface area contributed by atoms with Gasteiger partial charge in [-0.3, -0.25) is 4.98 Å². The van der Waals surface area contributed by atoms with Crippen LogP contribution in [0.2, 0.25) is 0 Å². The first kappa shape index (κ1) is 10.8. The second-order valence-corrected chi connectivity index (χ2v) is 3.31. The lowest BCUT2D eigenvalue weighted by Crippen LogP contribution is -2.04. The fraction of sp³-hybridized carbons (Fsp3) is 0.545. The lowest BCUT2D eigenvalue weighted by Gasteiger charge is -2.10. The quantitative estimate of drug-likeness (QED) is 0.682. The molecule has 3 heteroatoms. The van der Waals surface area contributed by atoms with Crippen molar-refractivity contribution < 1.29 is 0 Å². The molecular formula is C11H19N3. The summed E-state index contributed by atoms with van der Waals surface area (Å²) in [5.74, 6) is 0. The highest BCUT2D eigenvalue weighted by Gasteiger charge is 1.97. The van der Waals surface area contributed by atoms with Crippen molar-refractivity contribution in [3.63, 3.8) is 0 Å². The van der Waals surface area contributed by atoms with Crippen molar-refractivity contribution in [3.05, 3.63) is 18.5 Å². The molecule has 0 atom stereocenters. The molecule has 0 aliphatic rings. The van der Waals surface area contributed by atoms with Gasteiger partial charge in [-0.1, -0.05) is 19.8 Å². The summed E-state index contributed by atoms with van der Waals surface area (Å²) >= 11 is 0. The molecule has 0 spiro atoms. The zero-order chi connectivity index (χ0) is 10.2. The van der Waals surface area contributed by atoms with Crippen LogP contribution < -0.4 is 10.6 Å². The Hall–Kier alpha value is -1.25. The molecule has 0 aliphatic carbocycles. The first-order valence-corrected chi connectivity index (χ1v) is 5.24. The maximum atomic E-state index is 4.06. The highest BCUT2D eigenvalue weighted by Crippen LogP contribution is 2.18. The van der Waals surface area contributed by atoms with E-state index >= 15 is 0 Å². The molecule has 3 nitrogen and oxygen atoms in total. The molecule has 0 amide bonds. The van der Waals surface area contributed by atoms with Crippen molar-refractivity contribution in [2.24, 2.45) is 0 Å². The molecule has 0 fully saturated rings. The van der Waals surface area contributed by atoms with E-state index in [-0.39, 0.29) is 0 Å². The molecule has 1 aromatic heterocycles. The van der Waals surface area contributed by atoms with Crippen LogP contribution in [0.4, 0.5) is 11.4 Å². The molecule has 0 saturated heterocycles. The monoisotopic (exact) mass is 193 g/mol. The number of hydrogen-bond acceptors (Lipinski definition) is 3. The molecule has 0 bridgehead atoms. The van der Waals surface area contributed by atoms with E-state index in [0.29, 0.717) is 0 Å². The van der Waals surface area contributed by atoms with Gasteiger partial charge in [0.15, 0.2) is 0 Å². The normalized spacial score (nSPS) is 9.86. The molecule has 1 heterocycles. The van der Waals surface area contributed by atoms with Crippen LogP contribution in [0.1, 0.15) is 26.2 Å². The minimum atomic E-state index is 1.03. The summed E-state index contributed by atoms with van der Waals surface area (Å²) in [6.07, 6.45) is 7.41. The minimum absolute atomic E-state index is 1.03. The predicted molar refractivity (Wildman–Crippen MR) is 61.8 cm³/mol. The summed E-state index contributed by atoms with van der Waals surface area (Å²) in [5.41, 5.74) is 2.20. The third-order valence-corrected chi connectivity index (χ3v) is 2.19. The number of aromatic nitrogens is 1.